The molecule has 1 saturated carbocycles. The monoisotopic (exact) mass is 360 g/mol. The number of hydrogen-bond donors (Lipinski definition) is 1. The van der Waals surface area contributed by atoms with E-state index in [1.807, 2.05) is 25.1 Å². The number of benzene rings is 1. The fraction of sp³-hybridized carbons (Fsp3) is 0.600. The van der Waals surface area contributed by atoms with Gasteiger partial charge < -0.3 is 19.7 Å². The zero-order valence-electron chi connectivity index (χ0n) is 15.8. The minimum atomic E-state index is -0.258. The third kappa shape index (κ3) is 3.94. The van der Waals surface area contributed by atoms with Crippen LogP contribution in [0, 0.1) is 11.8 Å². The van der Waals surface area contributed by atoms with Crippen molar-refractivity contribution in [3.05, 3.63) is 23.8 Å². The first-order valence-corrected chi connectivity index (χ1v) is 9.34. The molecule has 0 aromatic heterocycles. The van der Waals surface area contributed by atoms with Crippen molar-refractivity contribution in [2.75, 3.05) is 33.9 Å². The molecule has 2 amide bonds. The predicted octanol–water partition coefficient (Wildman–Crippen LogP) is 2.18. The van der Waals surface area contributed by atoms with E-state index in [0.29, 0.717) is 36.9 Å². The average molecular weight is 360 g/mol. The summed E-state index contributed by atoms with van der Waals surface area (Å²) in [6, 6.07) is 5.66. The topological polar surface area (TPSA) is 67.9 Å². The summed E-state index contributed by atoms with van der Waals surface area (Å²) >= 11 is 0. The summed E-state index contributed by atoms with van der Waals surface area (Å²) in [6.07, 6.45) is 2.84. The van der Waals surface area contributed by atoms with Gasteiger partial charge in [0.1, 0.15) is 11.5 Å². The van der Waals surface area contributed by atoms with Gasteiger partial charge in [-0.15, -0.1) is 0 Å². The van der Waals surface area contributed by atoms with Crippen LogP contribution in [0.4, 0.5) is 0 Å². The molecule has 26 heavy (non-hydrogen) atoms. The maximum atomic E-state index is 12.8. The molecule has 1 N–H and O–H groups in total. The standard InChI is InChI=1S/C20H28N2O4/c1-4-19(23)22-11-16(15-8-7-14(25-2)9-18(15)26-3)17(12-22)20(24)21-10-13-5-6-13/h7-9,13,16-17H,4-6,10-12H2,1-3H3,(H,21,24). The maximum Gasteiger partial charge on any atom is 0.225 e. The highest BCUT2D eigenvalue weighted by Crippen LogP contribution is 2.39. The van der Waals surface area contributed by atoms with Crippen LogP contribution in [0.1, 0.15) is 37.7 Å². The van der Waals surface area contributed by atoms with Crippen molar-refractivity contribution in [3.63, 3.8) is 0 Å². The SMILES string of the molecule is CCC(=O)N1CC(C(=O)NCC2CC2)C(c2ccc(OC)cc2OC)C1. The number of ether oxygens (including phenoxy) is 2. The van der Waals surface area contributed by atoms with Crippen molar-refractivity contribution in [1.29, 1.82) is 0 Å². The lowest BCUT2D eigenvalue weighted by atomic mass is 9.87. The Morgan fingerprint density at radius 2 is 1.96 bits per heavy atom. The van der Waals surface area contributed by atoms with Crippen LogP contribution in [0.2, 0.25) is 0 Å². The number of amides is 2. The molecule has 2 atom stereocenters. The van der Waals surface area contributed by atoms with E-state index in [9.17, 15) is 9.59 Å². The molecular formula is C20H28N2O4. The van der Waals surface area contributed by atoms with Gasteiger partial charge in [0.15, 0.2) is 0 Å². The molecule has 1 heterocycles. The Bertz CT molecular complexity index is 672. The first kappa shape index (κ1) is 18.5. The van der Waals surface area contributed by atoms with Gasteiger partial charge >= 0.3 is 0 Å². The molecular weight excluding hydrogens is 332 g/mol. The fourth-order valence-corrected chi connectivity index (χ4v) is 3.63. The van der Waals surface area contributed by atoms with E-state index in [0.717, 1.165) is 12.1 Å². The molecule has 6 heteroatoms. The van der Waals surface area contributed by atoms with Crippen LogP contribution in [0.25, 0.3) is 0 Å². The number of likely N-dealkylation sites (tertiary alicyclic amines) is 1. The summed E-state index contributed by atoms with van der Waals surface area (Å²) in [7, 11) is 3.23. The zero-order chi connectivity index (χ0) is 18.7. The van der Waals surface area contributed by atoms with Gasteiger partial charge in [-0.3, -0.25) is 9.59 Å². The van der Waals surface area contributed by atoms with Crippen molar-refractivity contribution in [1.82, 2.24) is 10.2 Å². The molecule has 2 fully saturated rings. The van der Waals surface area contributed by atoms with Crippen LogP contribution < -0.4 is 14.8 Å². The highest BCUT2D eigenvalue weighted by molar-refractivity contribution is 5.83. The molecule has 1 aromatic rings. The first-order valence-electron chi connectivity index (χ1n) is 9.34. The molecule has 0 radical (unpaired) electrons. The summed E-state index contributed by atoms with van der Waals surface area (Å²) in [4.78, 5) is 26.9. The second-order valence-corrected chi connectivity index (χ2v) is 7.16. The number of carbonyl (C=O) groups is 2. The normalized spacial score (nSPS) is 22.2. The molecule has 142 valence electrons. The number of carbonyl (C=O) groups excluding carboxylic acids is 2. The van der Waals surface area contributed by atoms with Crippen molar-refractivity contribution < 1.29 is 19.1 Å². The molecule has 1 aromatic carbocycles. The Morgan fingerprint density at radius 1 is 1.19 bits per heavy atom. The van der Waals surface area contributed by atoms with Crippen LogP contribution in [-0.2, 0) is 9.59 Å². The van der Waals surface area contributed by atoms with Gasteiger partial charge in [-0.2, -0.15) is 0 Å². The lowest BCUT2D eigenvalue weighted by Gasteiger charge is -2.21. The van der Waals surface area contributed by atoms with Crippen LogP contribution in [0.15, 0.2) is 18.2 Å². The summed E-state index contributed by atoms with van der Waals surface area (Å²) < 4.78 is 10.8. The summed E-state index contributed by atoms with van der Waals surface area (Å²) in [6.45, 7) is 3.59. The Balaban J connectivity index is 1.84. The number of nitrogens with one attached hydrogen (secondary N) is 1. The van der Waals surface area contributed by atoms with E-state index in [2.05, 4.69) is 5.32 Å². The highest BCUT2D eigenvalue weighted by atomic mass is 16.5. The van der Waals surface area contributed by atoms with Crippen molar-refractivity contribution in [3.8, 4) is 11.5 Å². The lowest BCUT2D eigenvalue weighted by molar-refractivity contribution is -0.130. The van der Waals surface area contributed by atoms with Gasteiger partial charge in [0.05, 0.1) is 20.1 Å². The Kier molecular flexibility index (Phi) is 5.69. The largest absolute Gasteiger partial charge is 0.497 e. The molecule has 0 bridgehead atoms. The van der Waals surface area contributed by atoms with Crippen molar-refractivity contribution in [2.45, 2.75) is 32.1 Å². The molecule has 2 unspecified atom stereocenters. The third-order valence-electron chi connectivity index (χ3n) is 5.41. The number of rotatable bonds is 7. The van der Waals surface area contributed by atoms with E-state index in [-0.39, 0.29) is 23.7 Å². The molecule has 1 saturated heterocycles. The first-order chi connectivity index (χ1) is 12.6. The van der Waals surface area contributed by atoms with Gasteiger partial charge in [-0.25, -0.2) is 0 Å². The number of nitrogens with zero attached hydrogens (tertiary/aromatic N) is 1. The van der Waals surface area contributed by atoms with Crippen LogP contribution in [0.5, 0.6) is 11.5 Å². The van der Waals surface area contributed by atoms with Gasteiger partial charge in [0, 0.05) is 43.6 Å². The predicted molar refractivity (Wildman–Crippen MR) is 98.4 cm³/mol. The third-order valence-corrected chi connectivity index (χ3v) is 5.41. The summed E-state index contributed by atoms with van der Waals surface area (Å²) in [5, 5.41) is 3.08. The summed E-state index contributed by atoms with van der Waals surface area (Å²) in [5.74, 6) is 1.81. The van der Waals surface area contributed by atoms with Gasteiger partial charge in [-0.1, -0.05) is 13.0 Å². The molecule has 1 aliphatic heterocycles. The van der Waals surface area contributed by atoms with Crippen LogP contribution >= 0.6 is 0 Å². The van der Waals surface area contributed by atoms with Crippen LogP contribution in [0.3, 0.4) is 0 Å². The number of methoxy groups -OCH3 is 2. The smallest absolute Gasteiger partial charge is 0.225 e. The maximum absolute atomic E-state index is 12.8. The second-order valence-electron chi connectivity index (χ2n) is 7.16. The van der Waals surface area contributed by atoms with E-state index < -0.39 is 0 Å². The Labute approximate surface area is 154 Å². The van der Waals surface area contributed by atoms with Crippen LogP contribution in [-0.4, -0.2) is 50.6 Å². The van der Waals surface area contributed by atoms with Gasteiger partial charge in [0.25, 0.3) is 0 Å². The van der Waals surface area contributed by atoms with Gasteiger partial charge in [-0.05, 0) is 24.8 Å². The molecule has 1 aliphatic carbocycles. The van der Waals surface area contributed by atoms with Crippen molar-refractivity contribution >= 4 is 11.8 Å². The Morgan fingerprint density at radius 3 is 2.58 bits per heavy atom. The van der Waals surface area contributed by atoms with E-state index in [1.165, 1.54) is 12.8 Å². The average Bonchev–Trinajstić information content (AvgIpc) is 3.40. The minimum Gasteiger partial charge on any atom is -0.497 e. The van der Waals surface area contributed by atoms with Gasteiger partial charge in [0.2, 0.25) is 11.8 Å². The summed E-state index contributed by atoms with van der Waals surface area (Å²) in [5.41, 5.74) is 0.950. The Hall–Kier alpha value is -2.24. The quantitative estimate of drug-likeness (QED) is 0.809. The van der Waals surface area contributed by atoms with Crippen molar-refractivity contribution in [2.24, 2.45) is 11.8 Å². The zero-order valence-corrected chi connectivity index (χ0v) is 15.8. The molecule has 0 spiro atoms. The highest BCUT2D eigenvalue weighted by Gasteiger charge is 2.41. The fourth-order valence-electron chi connectivity index (χ4n) is 3.63. The molecule has 2 aliphatic rings. The minimum absolute atomic E-state index is 0.0335. The van der Waals surface area contributed by atoms with E-state index in [1.54, 1.807) is 19.1 Å². The van der Waals surface area contributed by atoms with E-state index in [4.69, 9.17) is 9.47 Å². The van der Waals surface area contributed by atoms with E-state index >= 15 is 0 Å². The second kappa shape index (κ2) is 7.98. The molecule has 6 nitrogen and oxygen atoms in total. The lowest BCUT2D eigenvalue weighted by Crippen LogP contribution is -2.36. The number of hydrogen-bond acceptors (Lipinski definition) is 4. The molecule has 3 rings (SSSR count).